The monoisotopic (exact) mass is 172 g/mol. The quantitative estimate of drug-likeness (QED) is 0.360. The zero-order valence-corrected chi connectivity index (χ0v) is 6.33. The van der Waals surface area contributed by atoms with Gasteiger partial charge in [-0.05, 0) is 0 Å². The van der Waals surface area contributed by atoms with Gasteiger partial charge in [0, 0.05) is 19.1 Å². The zero-order chi connectivity index (χ0) is 9.56. The third-order valence-electron chi connectivity index (χ3n) is 0.739. The van der Waals surface area contributed by atoms with Gasteiger partial charge >= 0.3 is 5.97 Å². The Morgan fingerprint density at radius 2 is 1.75 bits per heavy atom. The van der Waals surface area contributed by atoms with E-state index in [9.17, 15) is 14.4 Å². The van der Waals surface area contributed by atoms with Gasteiger partial charge in [-0.2, -0.15) is 0 Å². The Morgan fingerprint density at radius 3 is 2.17 bits per heavy atom. The minimum Gasteiger partial charge on any atom is -0.478 e. The van der Waals surface area contributed by atoms with Gasteiger partial charge in [-0.1, -0.05) is 0 Å². The first-order valence-electron chi connectivity index (χ1n) is 3.00. The lowest BCUT2D eigenvalue weighted by atomic mass is 10.5. The van der Waals surface area contributed by atoms with Crippen molar-refractivity contribution in [2.24, 2.45) is 0 Å². The first-order chi connectivity index (χ1) is 5.52. The van der Waals surface area contributed by atoms with Crippen LogP contribution in [-0.4, -0.2) is 22.9 Å². The molecule has 0 radical (unpaired) electrons. The Labute approximate surface area is 68.2 Å². The molecule has 0 rings (SSSR count). The Hall–Kier alpha value is -1.85. The molecule has 0 aromatic rings. The Balaban J connectivity index is 3.75. The van der Waals surface area contributed by atoms with E-state index in [4.69, 9.17) is 5.11 Å². The number of carbonyl (C=O) groups excluding carboxylic acids is 2. The standard InChI is InChI=1S/C6H8N2O4/c1-4(9)7-8-5(10)2-3-6(11)12/h2-3H,1H3,(H,7,9)(H,8,10)(H,11,12). The van der Waals surface area contributed by atoms with Crippen molar-refractivity contribution in [3.8, 4) is 0 Å². The summed E-state index contributed by atoms with van der Waals surface area (Å²) in [5, 5.41) is 8.09. The van der Waals surface area contributed by atoms with Gasteiger partial charge in [-0.3, -0.25) is 20.4 Å². The minimum absolute atomic E-state index is 0.438. The van der Waals surface area contributed by atoms with Gasteiger partial charge in [0.05, 0.1) is 0 Å². The van der Waals surface area contributed by atoms with Crippen LogP contribution in [0.1, 0.15) is 6.92 Å². The largest absolute Gasteiger partial charge is 0.478 e. The van der Waals surface area contributed by atoms with Crippen LogP contribution < -0.4 is 10.9 Å². The van der Waals surface area contributed by atoms with Crippen LogP contribution in [-0.2, 0) is 14.4 Å². The van der Waals surface area contributed by atoms with E-state index < -0.39 is 17.8 Å². The number of carboxylic acid groups (broad SMARTS) is 1. The fourth-order valence-electron chi connectivity index (χ4n) is 0.338. The molecular weight excluding hydrogens is 164 g/mol. The van der Waals surface area contributed by atoms with E-state index in [1.807, 2.05) is 10.9 Å². The third-order valence-corrected chi connectivity index (χ3v) is 0.739. The lowest BCUT2D eigenvalue weighted by Crippen LogP contribution is -2.39. The normalized spacial score (nSPS) is 9.42. The summed E-state index contributed by atoms with van der Waals surface area (Å²) < 4.78 is 0. The summed E-state index contributed by atoms with van der Waals surface area (Å²) in [6.45, 7) is 1.21. The van der Waals surface area contributed by atoms with Gasteiger partial charge in [0.15, 0.2) is 0 Å². The maximum Gasteiger partial charge on any atom is 0.328 e. The van der Waals surface area contributed by atoms with Gasteiger partial charge in [-0.15, -0.1) is 0 Å². The lowest BCUT2D eigenvalue weighted by molar-refractivity contribution is -0.131. The molecule has 0 spiro atoms. The highest BCUT2D eigenvalue weighted by atomic mass is 16.4. The molecule has 0 aromatic carbocycles. The minimum atomic E-state index is -1.23. The second kappa shape index (κ2) is 4.89. The number of hydrazine groups is 1. The molecule has 0 aliphatic carbocycles. The van der Waals surface area contributed by atoms with Crippen LogP contribution in [0.15, 0.2) is 12.2 Å². The van der Waals surface area contributed by atoms with E-state index in [1.165, 1.54) is 6.92 Å². The predicted molar refractivity (Wildman–Crippen MR) is 38.7 cm³/mol. The molecule has 6 heteroatoms. The predicted octanol–water partition coefficient (Wildman–Crippen LogP) is -1.21. The molecule has 0 atom stereocenters. The highest BCUT2D eigenvalue weighted by molar-refractivity contribution is 5.94. The molecule has 0 heterocycles. The summed E-state index contributed by atoms with van der Waals surface area (Å²) in [6.07, 6.45) is 1.45. The smallest absolute Gasteiger partial charge is 0.328 e. The SMILES string of the molecule is CC(=O)NNC(=O)C=CC(=O)O. The topological polar surface area (TPSA) is 95.5 Å². The third kappa shape index (κ3) is 6.27. The van der Waals surface area contributed by atoms with Crippen LogP contribution in [0.3, 0.4) is 0 Å². The molecule has 0 saturated heterocycles. The van der Waals surface area contributed by atoms with Crippen LogP contribution in [0.4, 0.5) is 0 Å². The van der Waals surface area contributed by atoms with Gasteiger partial charge in [0.2, 0.25) is 5.91 Å². The van der Waals surface area contributed by atoms with Crippen molar-refractivity contribution in [3.05, 3.63) is 12.2 Å². The van der Waals surface area contributed by atoms with Gasteiger partial charge in [0.25, 0.3) is 5.91 Å². The molecule has 12 heavy (non-hydrogen) atoms. The Morgan fingerprint density at radius 1 is 1.17 bits per heavy atom. The molecule has 0 aliphatic heterocycles. The molecule has 0 aromatic heterocycles. The van der Waals surface area contributed by atoms with Crippen molar-refractivity contribution < 1.29 is 19.5 Å². The van der Waals surface area contributed by atoms with Crippen molar-refractivity contribution in [2.75, 3.05) is 0 Å². The average molecular weight is 172 g/mol. The summed E-state index contributed by atoms with van der Waals surface area (Å²) in [6, 6.07) is 0. The highest BCUT2D eigenvalue weighted by Gasteiger charge is 1.95. The molecule has 0 saturated carbocycles. The number of rotatable bonds is 2. The molecule has 0 fully saturated rings. The Bertz CT molecular complexity index is 234. The van der Waals surface area contributed by atoms with Crippen LogP contribution in [0.25, 0.3) is 0 Å². The van der Waals surface area contributed by atoms with Crippen molar-refractivity contribution in [2.45, 2.75) is 6.92 Å². The second-order valence-electron chi connectivity index (χ2n) is 1.84. The van der Waals surface area contributed by atoms with E-state index in [0.29, 0.717) is 6.08 Å². The molecule has 0 aliphatic rings. The van der Waals surface area contributed by atoms with Crippen LogP contribution in [0.5, 0.6) is 0 Å². The molecule has 3 N–H and O–H groups in total. The molecular formula is C6H8N2O4. The summed E-state index contributed by atoms with van der Waals surface area (Å²) in [7, 11) is 0. The van der Waals surface area contributed by atoms with Crippen molar-refractivity contribution in [1.82, 2.24) is 10.9 Å². The maximum atomic E-state index is 10.6. The summed E-state index contributed by atoms with van der Waals surface area (Å²) in [5.41, 5.74) is 3.94. The van der Waals surface area contributed by atoms with Gasteiger partial charge in [-0.25, -0.2) is 4.79 Å². The van der Waals surface area contributed by atoms with Crippen molar-refractivity contribution >= 4 is 17.8 Å². The van der Waals surface area contributed by atoms with Gasteiger partial charge in [0.1, 0.15) is 0 Å². The summed E-state index contributed by atoms with van der Waals surface area (Å²) in [5.74, 6) is -2.37. The fourth-order valence-corrected chi connectivity index (χ4v) is 0.338. The van der Waals surface area contributed by atoms with E-state index in [0.717, 1.165) is 6.08 Å². The first-order valence-corrected chi connectivity index (χ1v) is 3.00. The van der Waals surface area contributed by atoms with Crippen molar-refractivity contribution in [3.63, 3.8) is 0 Å². The number of carbonyl (C=O) groups is 3. The van der Waals surface area contributed by atoms with Crippen LogP contribution in [0.2, 0.25) is 0 Å². The van der Waals surface area contributed by atoms with E-state index in [1.54, 1.807) is 0 Å². The first kappa shape index (κ1) is 10.2. The average Bonchev–Trinajstić information content (AvgIpc) is 1.96. The number of nitrogens with one attached hydrogen (secondary N) is 2. The van der Waals surface area contributed by atoms with Crippen LogP contribution >= 0.6 is 0 Å². The number of amides is 2. The highest BCUT2D eigenvalue weighted by Crippen LogP contribution is 1.71. The molecule has 2 amide bonds. The lowest BCUT2D eigenvalue weighted by Gasteiger charge is -1.99. The number of carboxylic acids is 1. The van der Waals surface area contributed by atoms with E-state index >= 15 is 0 Å². The van der Waals surface area contributed by atoms with Crippen molar-refractivity contribution in [1.29, 1.82) is 0 Å². The molecule has 0 unspecified atom stereocenters. The molecule has 0 bridgehead atoms. The second-order valence-corrected chi connectivity index (χ2v) is 1.84. The fraction of sp³-hybridized carbons (Fsp3) is 0.167. The number of aliphatic carboxylic acids is 1. The number of hydrogen-bond donors (Lipinski definition) is 3. The maximum absolute atomic E-state index is 10.6. The molecule has 66 valence electrons. The number of hydrogen-bond acceptors (Lipinski definition) is 3. The summed E-state index contributed by atoms with van der Waals surface area (Å²) in [4.78, 5) is 30.7. The zero-order valence-electron chi connectivity index (χ0n) is 6.33. The van der Waals surface area contributed by atoms with Crippen LogP contribution in [0, 0.1) is 0 Å². The van der Waals surface area contributed by atoms with Gasteiger partial charge < -0.3 is 5.11 Å². The van der Waals surface area contributed by atoms with E-state index in [-0.39, 0.29) is 0 Å². The molecule has 6 nitrogen and oxygen atoms in total. The summed E-state index contributed by atoms with van der Waals surface area (Å²) >= 11 is 0. The van der Waals surface area contributed by atoms with E-state index in [2.05, 4.69) is 0 Å². The Kier molecular flexibility index (Phi) is 4.13.